The summed E-state index contributed by atoms with van der Waals surface area (Å²) in [6.07, 6.45) is 14.4. The molecular formula is C22H42O3. The Hall–Kier alpha value is -0.570. The van der Waals surface area contributed by atoms with Crippen molar-refractivity contribution < 1.29 is 14.9 Å². The molecule has 0 bridgehead atoms. The summed E-state index contributed by atoms with van der Waals surface area (Å²) < 4.78 is 0. The lowest BCUT2D eigenvalue weighted by Crippen LogP contribution is -2.39. The van der Waals surface area contributed by atoms with Gasteiger partial charge in [0.25, 0.3) is 0 Å². The van der Waals surface area contributed by atoms with Gasteiger partial charge in [-0.3, -0.25) is 0 Å². The number of carbonyl (C=O) groups is 1. The molecule has 0 spiro atoms. The van der Waals surface area contributed by atoms with Gasteiger partial charge in [-0.25, -0.2) is 4.79 Å². The summed E-state index contributed by atoms with van der Waals surface area (Å²) in [6, 6.07) is 0. The molecule has 1 rings (SSSR count). The van der Waals surface area contributed by atoms with Gasteiger partial charge in [-0.15, -0.1) is 0 Å². The quantitative estimate of drug-likeness (QED) is 0.261. The molecule has 0 aromatic heterocycles. The van der Waals surface area contributed by atoms with Gasteiger partial charge in [0, 0.05) is 0 Å². The van der Waals surface area contributed by atoms with Crippen LogP contribution in [-0.2, 0) is 9.68 Å². The summed E-state index contributed by atoms with van der Waals surface area (Å²) in [4.78, 5) is 16.4. The molecule has 0 heterocycles. The summed E-state index contributed by atoms with van der Waals surface area (Å²) in [7, 11) is 0. The van der Waals surface area contributed by atoms with Crippen LogP contribution in [0.5, 0.6) is 0 Å². The third kappa shape index (κ3) is 8.11. The van der Waals surface area contributed by atoms with Crippen molar-refractivity contribution in [2.45, 2.75) is 112 Å². The number of hydrogen-bond donors (Lipinski definition) is 1. The molecule has 0 radical (unpaired) electrons. The summed E-state index contributed by atoms with van der Waals surface area (Å²) in [6.45, 7) is 11.3. The molecule has 3 nitrogen and oxygen atoms in total. The summed E-state index contributed by atoms with van der Waals surface area (Å²) >= 11 is 0. The smallest absolute Gasteiger partial charge is 0.301 e. The number of carbonyl (C=O) groups excluding carboxylic acids is 1. The first-order chi connectivity index (χ1) is 11.7. The highest BCUT2D eigenvalue weighted by atomic mass is 17.1. The first-order valence-corrected chi connectivity index (χ1v) is 10.5. The molecule has 1 atom stereocenters. The highest BCUT2D eigenvalue weighted by molar-refractivity contribution is 5.72. The fourth-order valence-electron chi connectivity index (χ4n) is 4.52. The lowest BCUT2D eigenvalue weighted by atomic mass is 9.63. The Morgan fingerprint density at radius 2 is 1.52 bits per heavy atom. The van der Waals surface area contributed by atoms with E-state index >= 15 is 0 Å². The van der Waals surface area contributed by atoms with Crippen molar-refractivity contribution in [1.29, 1.82) is 0 Å². The third-order valence-electron chi connectivity index (χ3n) is 6.35. The van der Waals surface area contributed by atoms with Crippen LogP contribution in [0.2, 0.25) is 0 Å². The molecule has 1 unspecified atom stereocenters. The van der Waals surface area contributed by atoms with Crippen LogP contribution in [-0.4, -0.2) is 11.2 Å². The van der Waals surface area contributed by atoms with Gasteiger partial charge in [0.15, 0.2) is 0 Å². The van der Waals surface area contributed by atoms with Crippen molar-refractivity contribution >= 4 is 5.97 Å². The lowest BCUT2D eigenvalue weighted by molar-refractivity contribution is -0.244. The van der Waals surface area contributed by atoms with Crippen molar-refractivity contribution in [1.82, 2.24) is 0 Å². The summed E-state index contributed by atoms with van der Waals surface area (Å²) in [5, 5.41) is 8.97. The second kappa shape index (κ2) is 10.5. The first-order valence-electron chi connectivity index (χ1n) is 10.5. The van der Waals surface area contributed by atoms with Crippen LogP contribution in [0, 0.1) is 22.7 Å². The van der Waals surface area contributed by atoms with Gasteiger partial charge in [-0.2, -0.15) is 5.26 Å². The highest BCUT2D eigenvalue weighted by Gasteiger charge is 2.42. The van der Waals surface area contributed by atoms with E-state index in [-0.39, 0.29) is 11.3 Å². The molecule has 148 valence electrons. The fourth-order valence-corrected chi connectivity index (χ4v) is 4.52. The van der Waals surface area contributed by atoms with Crippen molar-refractivity contribution in [3.8, 4) is 0 Å². The van der Waals surface area contributed by atoms with Crippen LogP contribution in [0.25, 0.3) is 0 Å². The fraction of sp³-hybridized carbons (Fsp3) is 0.955. The van der Waals surface area contributed by atoms with Crippen LogP contribution < -0.4 is 0 Å². The highest BCUT2D eigenvalue weighted by Crippen LogP contribution is 2.45. The Balaban J connectivity index is 2.41. The summed E-state index contributed by atoms with van der Waals surface area (Å²) in [5.74, 6) is -0.0457. The van der Waals surface area contributed by atoms with E-state index in [0.29, 0.717) is 11.3 Å². The van der Waals surface area contributed by atoms with Crippen molar-refractivity contribution in [3.05, 3.63) is 0 Å². The largest absolute Gasteiger partial charge is 0.345 e. The van der Waals surface area contributed by atoms with Gasteiger partial charge in [0.2, 0.25) is 0 Å². The Labute approximate surface area is 155 Å². The standard InChI is InChI=1S/C22H42O3/c1-21(2,3)17-13-8-6-7-12-16-19(20(23)25-24)22(4,5)18-14-10-9-11-15-18/h18-19,24H,6-17H2,1-5H3. The second-order valence-corrected chi connectivity index (χ2v) is 9.99. The zero-order valence-electron chi connectivity index (χ0n) is 17.4. The molecule has 0 amide bonds. The Bertz CT molecular complexity index is 375. The molecule has 0 aliphatic heterocycles. The average Bonchev–Trinajstić information content (AvgIpc) is 2.56. The number of unbranched alkanes of at least 4 members (excludes halogenated alkanes) is 4. The molecule has 25 heavy (non-hydrogen) atoms. The van der Waals surface area contributed by atoms with Gasteiger partial charge < -0.3 is 4.89 Å². The molecule has 1 N–H and O–H groups in total. The van der Waals surface area contributed by atoms with Gasteiger partial charge in [-0.05, 0) is 42.4 Å². The molecule has 1 saturated carbocycles. The van der Waals surface area contributed by atoms with E-state index in [1.165, 1.54) is 64.2 Å². The van der Waals surface area contributed by atoms with Crippen LogP contribution in [0.1, 0.15) is 112 Å². The van der Waals surface area contributed by atoms with Gasteiger partial charge in [-0.1, -0.05) is 86.0 Å². The normalized spacial score (nSPS) is 18.2. The molecule has 1 fully saturated rings. The topological polar surface area (TPSA) is 46.5 Å². The van der Waals surface area contributed by atoms with Crippen molar-refractivity contribution in [2.75, 3.05) is 0 Å². The van der Waals surface area contributed by atoms with E-state index in [1.54, 1.807) is 0 Å². The maximum Gasteiger partial charge on any atom is 0.345 e. The second-order valence-electron chi connectivity index (χ2n) is 9.99. The lowest BCUT2D eigenvalue weighted by Gasteiger charge is -2.41. The molecule has 1 aliphatic rings. The van der Waals surface area contributed by atoms with Gasteiger partial charge in [0.1, 0.15) is 0 Å². The third-order valence-corrected chi connectivity index (χ3v) is 6.35. The van der Waals surface area contributed by atoms with Crippen LogP contribution in [0.4, 0.5) is 0 Å². The zero-order chi connectivity index (χ0) is 18.9. The molecule has 3 heteroatoms. The number of rotatable bonds is 10. The van der Waals surface area contributed by atoms with Crippen LogP contribution in [0.15, 0.2) is 0 Å². The maximum absolute atomic E-state index is 12.2. The average molecular weight is 355 g/mol. The Morgan fingerprint density at radius 3 is 2.08 bits per heavy atom. The van der Waals surface area contributed by atoms with E-state index in [1.807, 2.05) is 0 Å². The van der Waals surface area contributed by atoms with Crippen LogP contribution in [0.3, 0.4) is 0 Å². The molecular weight excluding hydrogens is 312 g/mol. The van der Waals surface area contributed by atoms with E-state index in [9.17, 15) is 4.79 Å². The zero-order valence-corrected chi connectivity index (χ0v) is 17.4. The molecule has 0 saturated heterocycles. The maximum atomic E-state index is 12.2. The number of hydrogen-bond acceptors (Lipinski definition) is 3. The minimum atomic E-state index is -0.427. The molecule has 0 aromatic carbocycles. The molecule has 0 aromatic rings. The SMILES string of the molecule is CC(C)(C)CCCCCCCC(C(=O)OO)C(C)(C)C1CCCCC1. The van der Waals surface area contributed by atoms with Crippen molar-refractivity contribution in [3.63, 3.8) is 0 Å². The predicted molar refractivity (Wildman–Crippen MR) is 104 cm³/mol. The Kier molecular flexibility index (Phi) is 9.48. The predicted octanol–water partition coefficient (Wildman–Crippen LogP) is 7.00. The van der Waals surface area contributed by atoms with E-state index < -0.39 is 5.97 Å². The molecule has 1 aliphatic carbocycles. The monoisotopic (exact) mass is 354 g/mol. The minimum absolute atomic E-state index is 0.0908. The Morgan fingerprint density at radius 1 is 0.960 bits per heavy atom. The van der Waals surface area contributed by atoms with Gasteiger partial charge in [0.05, 0.1) is 5.92 Å². The minimum Gasteiger partial charge on any atom is -0.301 e. The first kappa shape index (κ1) is 22.5. The van der Waals surface area contributed by atoms with E-state index in [2.05, 4.69) is 39.5 Å². The van der Waals surface area contributed by atoms with Gasteiger partial charge >= 0.3 is 5.97 Å². The van der Waals surface area contributed by atoms with E-state index in [4.69, 9.17) is 5.26 Å². The van der Waals surface area contributed by atoms with Crippen molar-refractivity contribution in [2.24, 2.45) is 22.7 Å². The van der Waals surface area contributed by atoms with Crippen LogP contribution >= 0.6 is 0 Å². The summed E-state index contributed by atoms with van der Waals surface area (Å²) in [5.41, 5.74) is 0.340. The van der Waals surface area contributed by atoms with E-state index in [0.717, 1.165) is 12.8 Å².